The van der Waals surface area contributed by atoms with Crippen LogP contribution in [-0.2, 0) is 34.1 Å². The van der Waals surface area contributed by atoms with Crippen molar-refractivity contribution in [1.82, 2.24) is 0 Å². The molecule has 0 aromatic rings. The zero-order chi connectivity index (χ0) is 12.0. The zero-order valence-electron chi connectivity index (χ0n) is 8.41. The van der Waals surface area contributed by atoms with Gasteiger partial charge in [0, 0.05) is 17.1 Å². The molecule has 9 heteroatoms. The van der Waals surface area contributed by atoms with Gasteiger partial charge in [-0.05, 0) is 0 Å². The maximum Gasteiger partial charge on any atom is 6.00 e. The Bertz CT molecular complexity index is 108. The van der Waals surface area contributed by atoms with Crippen molar-refractivity contribution < 1.29 is 93.8 Å². The van der Waals surface area contributed by atoms with Crippen LogP contribution in [0, 0.1) is 71.0 Å². The van der Waals surface area contributed by atoms with Crippen LogP contribution in [0.4, 0.5) is 0 Å². The van der Waals surface area contributed by atoms with Crippen molar-refractivity contribution >= 4 is 0 Å². The van der Waals surface area contributed by atoms with Gasteiger partial charge in [0.15, 0.2) is 0 Å². The second kappa shape index (κ2) is 48400. The van der Waals surface area contributed by atoms with E-state index >= 15 is 0 Å². The normalized spacial score (nSPS) is 0.800. The summed E-state index contributed by atoms with van der Waals surface area (Å²) in [6, 6.07) is 0. The van der Waals surface area contributed by atoms with Crippen LogP contribution in [0.15, 0.2) is 0 Å². The molecular weight excluding hydrogens is 352 g/mol. The van der Waals surface area contributed by atoms with Crippen LogP contribution in [0.25, 0.3) is 0 Å². The summed E-state index contributed by atoms with van der Waals surface area (Å²) in [6.45, 7) is 28.5. The molecule has 0 aliphatic rings. The van der Waals surface area contributed by atoms with E-state index in [2.05, 4.69) is 0 Å². The van der Waals surface area contributed by atoms with Gasteiger partial charge in [-0.15, -0.1) is 0 Å². The maximum absolute atomic E-state index is 6.25. The predicted octanol–water partition coefficient (Wildman–Crippen LogP) is -2.31. The molecule has 1 radical (unpaired) electrons. The minimum Gasteiger partial charge on any atom is -1.00 e. The third-order valence-corrected chi connectivity index (χ3v) is 0. The van der Waals surface area contributed by atoms with E-state index in [4.69, 9.17) is 71.0 Å². The Balaban J connectivity index is -0.00000000321. The van der Waals surface area contributed by atoms with Crippen LogP contribution in [0.5, 0.6) is 0 Å². The van der Waals surface area contributed by atoms with Gasteiger partial charge in [0.1, 0.15) is 0 Å². The minimum atomic E-state index is 0. The van der Waals surface area contributed by atoms with Crippen LogP contribution < -0.4 is 58.2 Å². The van der Waals surface area contributed by atoms with Gasteiger partial charge in [-0.1, -0.05) is 0 Å². The molecule has 0 aromatic heterocycles. The van der Waals surface area contributed by atoms with E-state index in [1.54, 1.807) is 0 Å². The van der Waals surface area contributed by atoms with Crippen LogP contribution >= 0.6 is 0 Å². The second-order valence-corrected chi connectivity index (χ2v) is 0. The summed E-state index contributed by atoms with van der Waals surface area (Å²) in [5, 5.41) is 37.5. The van der Waals surface area contributed by atoms with E-state index in [1.165, 1.54) is 0 Å². The first-order valence-electron chi connectivity index (χ1n) is 1.34. The van der Waals surface area contributed by atoms with Crippen LogP contribution in [0.3, 0.4) is 0 Å². The van der Waals surface area contributed by atoms with Crippen LogP contribution in [-0.4, -0.2) is 0 Å². The molecule has 71 valence electrons. The Labute approximate surface area is 162 Å². The van der Waals surface area contributed by atoms with Gasteiger partial charge >= 0.3 is 75.3 Å². The molecule has 15 heavy (non-hydrogen) atoms. The fourth-order valence-electron chi connectivity index (χ4n) is 0. The minimum absolute atomic E-state index is 0. The predicted molar refractivity (Wildman–Crippen MR) is 30.9 cm³/mol. The number of nitrogens with zero attached hydrogens (tertiary/aromatic N) is 6. The first-order valence-corrected chi connectivity index (χ1v) is 1.34. The maximum atomic E-state index is 6.25. The molecule has 0 aromatic carbocycles. The second-order valence-electron chi connectivity index (χ2n) is 0. The number of hydrogen-bond donors (Lipinski definition) is 0. The molecule has 0 atom stereocenters. The van der Waals surface area contributed by atoms with Crippen molar-refractivity contribution in [2.75, 3.05) is 0 Å². The van der Waals surface area contributed by atoms with E-state index in [1.807, 2.05) is 0 Å². The summed E-state index contributed by atoms with van der Waals surface area (Å²) in [5.74, 6) is 0. The Morgan fingerprint density at radius 2 is 0.467 bits per heavy atom. The topological polar surface area (TPSA) is 143 Å². The SMILES string of the molecule is [C-]#N.[C-]#N.[C-]#N.[C-]#N.[C-]#N.[C-]#N.[Fe+6].[H-].[Mn].[Rb+]. The van der Waals surface area contributed by atoms with Crippen molar-refractivity contribution in [2.24, 2.45) is 0 Å². The molecule has 0 saturated carbocycles. The van der Waals surface area contributed by atoms with E-state index < -0.39 is 0 Å². The monoisotopic (exact) mass is 353 g/mol. The van der Waals surface area contributed by atoms with Crippen molar-refractivity contribution in [3.05, 3.63) is 39.4 Å². The van der Waals surface area contributed by atoms with E-state index in [0.29, 0.717) is 0 Å². The molecule has 0 amide bonds. The molecule has 0 bridgehead atoms. The smallest absolute Gasteiger partial charge is 1.00 e. The van der Waals surface area contributed by atoms with Gasteiger partial charge in [0.25, 0.3) is 0 Å². The Kier molecular flexibility index (Phi) is 271000. The Hall–Kier alpha value is -0.216. The Morgan fingerprint density at radius 3 is 0.467 bits per heavy atom. The van der Waals surface area contributed by atoms with Crippen molar-refractivity contribution in [3.63, 3.8) is 0 Å². The fourth-order valence-corrected chi connectivity index (χ4v) is 0. The molecular formula is C6HFeMnN6Rb. The summed E-state index contributed by atoms with van der Waals surface area (Å²) in [7, 11) is 0. The van der Waals surface area contributed by atoms with Gasteiger partial charge < -0.3 is 72.4 Å². The average molecular weight is 353 g/mol. The van der Waals surface area contributed by atoms with Gasteiger partial charge in [0.2, 0.25) is 0 Å². The standard InChI is InChI=1S/6CN.Fe.Mn.Rb.H/c6*1-2;;;;/q6*-1;+6;;+1;-1. The van der Waals surface area contributed by atoms with E-state index in [-0.39, 0.29) is 93.8 Å². The van der Waals surface area contributed by atoms with Crippen LogP contribution in [0.1, 0.15) is 1.43 Å². The third kappa shape index (κ3) is 41100. The van der Waals surface area contributed by atoms with Crippen molar-refractivity contribution in [1.29, 1.82) is 31.6 Å². The van der Waals surface area contributed by atoms with Gasteiger partial charge in [-0.25, -0.2) is 0 Å². The molecule has 0 aliphatic heterocycles. The van der Waals surface area contributed by atoms with Crippen molar-refractivity contribution in [3.8, 4) is 0 Å². The summed E-state index contributed by atoms with van der Waals surface area (Å²) < 4.78 is 0. The van der Waals surface area contributed by atoms with Crippen LogP contribution in [0.2, 0.25) is 0 Å². The van der Waals surface area contributed by atoms with E-state index in [9.17, 15) is 0 Å². The molecule has 0 N–H and O–H groups in total. The molecule has 0 unspecified atom stereocenters. The molecule has 0 saturated heterocycles. The first-order chi connectivity index (χ1) is 6.00. The van der Waals surface area contributed by atoms with Gasteiger partial charge in [0.05, 0.1) is 0 Å². The van der Waals surface area contributed by atoms with Gasteiger partial charge in [-0.2, -0.15) is 0 Å². The quantitative estimate of drug-likeness (QED) is 0.354. The molecule has 0 fully saturated rings. The third-order valence-electron chi connectivity index (χ3n) is 0. The molecule has 0 rings (SSSR count). The number of hydrogen-bond acceptors (Lipinski definition) is 6. The number of rotatable bonds is 0. The van der Waals surface area contributed by atoms with E-state index in [0.717, 1.165) is 0 Å². The molecule has 0 heterocycles. The molecule has 0 aliphatic carbocycles. The molecule has 0 spiro atoms. The summed E-state index contributed by atoms with van der Waals surface area (Å²) in [6.07, 6.45) is 0. The first kappa shape index (κ1) is 84.0. The summed E-state index contributed by atoms with van der Waals surface area (Å²) >= 11 is 0. The zero-order valence-corrected chi connectivity index (χ0v) is 14.6. The Morgan fingerprint density at radius 1 is 0.467 bits per heavy atom. The average Bonchev–Trinajstić information content (AvgIpc) is 2.33. The largest absolute Gasteiger partial charge is 6.00 e. The molecule has 6 nitrogen and oxygen atoms in total. The van der Waals surface area contributed by atoms with Crippen molar-refractivity contribution in [2.45, 2.75) is 0 Å². The fraction of sp³-hybridized carbons (Fsp3) is 0. The van der Waals surface area contributed by atoms with Gasteiger partial charge in [-0.3, -0.25) is 0 Å². The summed E-state index contributed by atoms with van der Waals surface area (Å²) in [4.78, 5) is 0. The summed E-state index contributed by atoms with van der Waals surface area (Å²) in [5.41, 5.74) is 0.